The van der Waals surface area contributed by atoms with Crippen molar-refractivity contribution < 1.29 is 9.90 Å². The van der Waals surface area contributed by atoms with Crippen molar-refractivity contribution in [2.75, 3.05) is 13.2 Å². The Hall–Kier alpha value is -0.610. The normalized spacial score (nSPS) is 13.8. The van der Waals surface area contributed by atoms with Gasteiger partial charge in [-0.05, 0) is 18.3 Å². The van der Waals surface area contributed by atoms with Gasteiger partial charge in [0.25, 0.3) is 0 Å². The third-order valence-electron chi connectivity index (χ3n) is 3.55. The van der Waals surface area contributed by atoms with Gasteiger partial charge in [0.15, 0.2) is 0 Å². The number of amides is 1. The summed E-state index contributed by atoms with van der Waals surface area (Å²) in [6.45, 7) is 10.7. The van der Waals surface area contributed by atoms with Crippen molar-refractivity contribution in [3.8, 4) is 0 Å². The third-order valence-corrected chi connectivity index (χ3v) is 3.55. The fourth-order valence-corrected chi connectivity index (χ4v) is 1.96. The minimum absolute atomic E-state index is 0.00694. The molecule has 0 fully saturated rings. The lowest BCUT2D eigenvalue weighted by Crippen LogP contribution is -2.46. The van der Waals surface area contributed by atoms with Crippen LogP contribution in [0.2, 0.25) is 0 Å². The molecule has 108 valence electrons. The second-order valence-electron chi connectivity index (χ2n) is 5.96. The lowest BCUT2D eigenvalue weighted by Gasteiger charge is -2.33. The van der Waals surface area contributed by atoms with Crippen LogP contribution in [0.25, 0.3) is 0 Å². The first-order chi connectivity index (χ1) is 8.27. The van der Waals surface area contributed by atoms with Crippen LogP contribution in [0.4, 0.5) is 0 Å². The van der Waals surface area contributed by atoms with E-state index in [0.29, 0.717) is 13.0 Å². The highest BCUT2D eigenvalue weighted by atomic mass is 16.3. The van der Waals surface area contributed by atoms with Crippen LogP contribution in [0.15, 0.2) is 0 Å². The summed E-state index contributed by atoms with van der Waals surface area (Å²) in [5.41, 5.74) is 5.98. The fraction of sp³-hybridized carbons (Fsp3) is 0.929. The van der Waals surface area contributed by atoms with Crippen molar-refractivity contribution in [2.24, 2.45) is 11.1 Å². The zero-order valence-corrected chi connectivity index (χ0v) is 12.6. The molecule has 0 aromatic heterocycles. The second kappa shape index (κ2) is 7.74. The largest absolute Gasteiger partial charge is 0.395 e. The molecule has 0 aromatic rings. The van der Waals surface area contributed by atoms with Gasteiger partial charge < -0.3 is 15.7 Å². The standard InChI is InChI=1S/C14H30N2O2/c1-6-11(7-2)16(8-9-17)13(18)10-12(15)14(3,4)5/h11-12,17H,6-10,15H2,1-5H3. The molecule has 1 unspecified atom stereocenters. The van der Waals surface area contributed by atoms with E-state index in [1.54, 1.807) is 4.90 Å². The zero-order chi connectivity index (χ0) is 14.3. The number of nitrogens with zero attached hydrogens (tertiary/aromatic N) is 1. The monoisotopic (exact) mass is 258 g/mol. The van der Waals surface area contributed by atoms with Crippen LogP contribution in [-0.2, 0) is 4.79 Å². The first-order valence-corrected chi connectivity index (χ1v) is 6.93. The van der Waals surface area contributed by atoms with E-state index in [9.17, 15) is 4.79 Å². The van der Waals surface area contributed by atoms with Crippen LogP contribution >= 0.6 is 0 Å². The molecule has 0 aliphatic carbocycles. The quantitative estimate of drug-likeness (QED) is 0.731. The van der Waals surface area contributed by atoms with Crippen molar-refractivity contribution in [2.45, 2.75) is 66.0 Å². The van der Waals surface area contributed by atoms with Crippen LogP contribution in [0.3, 0.4) is 0 Å². The van der Waals surface area contributed by atoms with Gasteiger partial charge in [0.1, 0.15) is 0 Å². The number of rotatable bonds is 7. The lowest BCUT2D eigenvalue weighted by atomic mass is 9.85. The summed E-state index contributed by atoms with van der Waals surface area (Å²) >= 11 is 0. The smallest absolute Gasteiger partial charge is 0.224 e. The van der Waals surface area contributed by atoms with E-state index in [1.165, 1.54) is 0 Å². The van der Waals surface area contributed by atoms with Gasteiger partial charge in [-0.3, -0.25) is 4.79 Å². The maximum atomic E-state index is 12.3. The Morgan fingerprint density at radius 1 is 1.28 bits per heavy atom. The molecule has 0 saturated heterocycles. The van der Waals surface area contributed by atoms with Gasteiger partial charge in [-0.15, -0.1) is 0 Å². The zero-order valence-electron chi connectivity index (χ0n) is 12.6. The highest BCUT2D eigenvalue weighted by molar-refractivity contribution is 5.77. The molecule has 4 heteroatoms. The number of hydrogen-bond donors (Lipinski definition) is 2. The Morgan fingerprint density at radius 2 is 1.78 bits per heavy atom. The Balaban J connectivity index is 4.66. The average Bonchev–Trinajstić information content (AvgIpc) is 2.28. The van der Waals surface area contributed by atoms with Gasteiger partial charge >= 0.3 is 0 Å². The molecule has 0 saturated carbocycles. The Kier molecular flexibility index (Phi) is 7.48. The molecule has 1 atom stereocenters. The molecule has 1 amide bonds. The molecule has 0 aromatic carbocycles. The summed E-state index contributed by atoms with van der Waals surface area (Å²) in [6, 6.07) is 0.0531. The van der Waals surface area contributed by atoms with Crippen molar-refractivity contribution in [3.63, 3.8) is 0 Å². The summed E-state index contributed by atoms with van der Waals surface area (Å²) in [5.74, 6) is 0.0557. The van der Waals surface area contributed by atoms with Crippen LogP contribution in [0.1, 0.15) is 53.9 Å². The van der Waals surface area contributed by atoms with Crippen molar-refractivity contribution in [1.29, 1.82) is 0 Å². The van der Waals surface area contributed by atoms with E-state index in [-0.39, 0.29) is 30.0 Å². The molecule has 0 heterocycles. The van der Waals surface area contributed by atoms with Crippen molar-refractivity contribution >= 4 is 5.91 Å². The average molecular weight is 258 g/mol. The van der Waals surface area contributed by atoms with Crippen LogP contribution in [-0.4, -0.2) is 41.1 Å². The molecule has 0 aliphatic heterocycles. The van der Waals surface area contributed by atoms with Crippen molar-refractivity contribution in [3.05, 3.63) is 0 Å². The Bertz CT molecular complexity index is 245. The second-order valence-corrected chi connectivity index (χ2v) is 5.96. The molecule has 4 nitrogen and oxygen atoms in total. The first kappa shape index (κ1) is 17.4. The molecule has 0 rings (SSSR count). The maximum absolute atomic E-state index is 12.3. The fourth-order valence-electron chi connectivity index (χ4n) is 1.96. The van der Waals surface area contributed by atoms with E-state index in [1.807, 2.05) is 20.8 Å². The van der Waals surface area contributed by atoms with Gasteiger partial charge in [-0.1, -0.05) is 34.6 Å². The van der Waals surface area contributed by atoms with E-state index in [4.69, 9.17) is 10.8 Å². The van der Waals surface area contributed by atoms with Crippen molar-refractivity contribution in [1.82, 2.24) is 4.90 Å². The number of hydrogen-bond acceptors (Lipinski definition) is 3. The van der Waals surface area contributed by atoms with E-state index >= 15 is 0 Å². The van der Waals surface area contributed by atoms with Gasteiger partial charge in [-0.25, -0.2) is 0 Å². The first-order valence-electron chi connectivity index (χ1n) is 6.93. The lowest BCUT2D eigenvalue weighted by molar-refractivity contribution is -0.135. The highest BCUT2D eigenvalue weighted by Crippen LogP contribution is 2.21. The SMILES string of the molecule is CCC(CC)N(CCO)C(=O)CC(N)C(C)(C)C. The minimum atomic E-state index is -0.152. The van der Waals surface area contributed by atoms with E-state index in [2.05, 4.69) is 13.8 Å². The Morgan fingerprint density at radius 3 is 2.11 bits per heavy atom. The van der Waals surface area contributed by atoms with Crippen LogP contribution < -0.4 is 5.73 Å². The molecular formula is C14H30N2O2. The van der Waals surface area contributed by atoms with Gasteiger partial charge in [0, 0.05) is 25.0 Å². The van der Waals surface area contributed by atoms with Crippen LogP contribution in [0, 0.1) is 5.41 Å². The molecule has 3 N–H and O–H groups in total. The van der Waals surface area contributed by atoms with Gasteiger partial charge in [-0.2, -0.15) is 0 Å². The maximum Gasteiger partial charge on any atom is 0.224 e. The molecule has 0 aliphatic rings. The number of carbonyl (C=O) groups is 1. The number of aliphatic hydroxyl groups excluding tert-OH is 1. The predicted molar refractivity (Wildman–Crippen MR) is 75.2 cm³/mol. The number of nitrogens with two attached hydrogens (primary N) is 1. The predicted octanol–water partition coefficient (Wildman–Crippen LogP) is 1.76. The Labute approximate surface area is 112 Å². The summed E-state index contributed by atoms with van der Waals surface area (Å²) < 4.78 is 0. The summed E-state index contributed by atoms with van der Waals surface area (Å²) in [7, 11) is 0. The molecule has 0 bridgehead atoms. The summed E-state index contributed by atoms with van der Waals surface area (Å²) in [5, 5.41) is 9.09. The van der Waals surface area contributed by atoms with E-state index in [0.717, 1.165) is 12.8 Å². The van der Waals surface area contributed by atoms with Gasteiger partial charge in [0.2, 0.25) is 5.91 Å². The molecule has 18 heavy (non-hydrogen) atoms. The minimum Gasteiger partial charge on any atom is -0.395 e. The summed E-state index contributed by atoms with van der Waals surface area (Å²) in [6.07, 6.45) is 2.17. The van der Waals surface area contributed by atoms with Crippen LogP contribution in [0.5, 0.6) is 0 Å². The summed E-state index contributed by atoms with van der Waals surface area (Å²) in [4.78, 5) is 14.1. The number of carbonyl (C=O) groups excluding carboxylic acids is 1. The molecule has 0 radical (unpaired) electrons. The third kappa shape index (κ3) is 5.36. The molecular weight excluding hydrogens is 228 g/mol. The highest BCUT2D eigenvalue weighted by Gasteiger charge is 2.27. The van der Waals surface area contributed by atoms with E-state index < -0.39 is 0 Å². The van der Waals surface area contributed by atoms with Gasteiger partial charge in [0.05, 0.1) is 6.61 Å². The molecule has 0 spiro atoms. The topological polar surface area (TPSA) is 66.6 Å². The number of aliphatic hydroxyl groups is 1.